The van der Waals surface area contributed by atoms with E-state index in [4.69, 9.17) is 15.2 Å². The summed E-state index contributed by atoms with van der Waals surface area (Å²) in [6.45, 7) is 0.00659. The first-order valence-electron chi connectivity index (χ1n) is 16.6. The predicted octanol–water partition coefficient (Wildman–Crippen LogP) is 6.18. The zero-order chi connectivity index (χ0) is 33.8. The molecule has 9 heteroatoms. The van der Waals surface area contributed by atoms with Gasteiger partial charge in [0.2, 0.25) is 5.75 Å². The molecule has 48 heavy (non-hydrogen) atoms. The van der Waals surface area contributed by atoms with Crippen molar-refractivity contribution in [2.24, 2.45) is 17.6 Å². The van der Waals surface area contributed by atoms with E-state index in [1.807, 2.05) is 24.3 Å². The summed E-state index contributed by atoms with van der Waals surface area (Å²) in [4.78, 5) is 13.3. The molecule has 1 fully saturated rings. The molecule has 3 aliphatic rings. The summed E-state index contributed by atoms with van der Waals surface area (Å²) in [7, 11) is 0. The van der Waals surface area contributed by atoms with Crippen molar-refractivity contribution >= 4 is 5.78 Å². The number of nitrogens with two attached hydrogens (primary N) is 1. The van der Waals surface area contributed by atoms with Crippen LogP contribution in [0.5, 0.6) is 34.5 Å². The molecule has 3 aliphatic carbocycles. The van der Waals surface area contributed by atoms with Crippen molar-refractivity contribution in [3.8, 4) is 34.5 Å². The summed E-state index contributed by atoms with van der Waals surface area (Å²) < 4.78 is 11.5. The number of phenols is 4. The molecule has 0 radical (unpaired) electrons. The van der Waals surface area contributed by atoms with Gasteiger partial charge in [-0.1, -0.05) is 48.5 Å². The van der Waals surface area contributed by atoms with E-state index in [2.05, 4.69) is 12.1 Å². The van der Waals surface area contributed by atoms with Crippen molar-refractivity contribution < 1.29 is 39.8 Å². The SMILES string of the molecule is NCOc1cc(CCC(=O)C[C@H](O)[C@@H]2CC[C@H]3C[C@H](Cc4ccccc4)[C@@H]2c2cc(O)c(O)c(OCc4cccc(O)c4)c23)ccc1O. The van der Waals surface area contributed by atoms with Gasteiger partial charge in [0.15, 0.2) is 23.0 Å². The van der Waals surface area contributed by atoms with Crippen LogP contribution in [0.3, 0.4) is 0 Å². The second-order valence-electron chi connectivity index (χ2n) is 13.1. The molecule has 0 heterocycles. The maximum Gasteiger partial charge on any atom is 0.200 e. The summed E-state index contributed by atoms with van der Waals surface area (Å²) in [6, 6.07) is 23.5. The molecule has 7 rings (SSSR count). The number of aromatic hydroxyl groups is 4. The van der Waals surface area contributed by atoms with Gasteiger partial charge in [-0.05, 0) is 108 Å². The van der Waals surface area contributed by atoms with E-state index in [1.165, 1.54) is 11.6 Å². The molecular formula is C39H43NO8. The topological polar surface area (TPSA) is 163 Å². The first-order valence-corrected chi connectivity index (χ1v) is 16.6. The molecule has 7 N–H and O–H groups in total. The number of hydrogen-bond donors (Lipinski definition) is 6. The van der Waals surface area contributed by atoms with Crippen LogP contribution in [-0.4, -0.2) is 44.2 Å². The summed E-state index contributed by atoms with van der Waals surface area (Å²) in [5.74, 6) is -0.391. The molecule has 0 amide bonds. The number of aliphatic hydroxyl groups is 1. The number of aryl methyl sites for hydroxylation is 1. The Morgan fingerprint density at radius 2 is 1.65 bits per heavy atom. The summed E-state index contributed by atoms with van der Waals surface area (Å²) in [6.07, 6.45) is 2.72. The molecular weight excluding hydrogens is 610 g/mol. The summed E-state index contributed by atoms with van der Waals surface area (Å²) in [5.41, 5.74) is 9.87. The van der Waals surface area contributed by atoms with Crippen LogP contribution in [0.15, 0.2) is 78.9 Å². The number of ether oxygens (including phenoxy) is 2. The third kappa shape index (κ3) is 7.22. The monoisotopic (exact) mass is 653 g/mol. The van der Waals surface area contributed by atoms with Gasteiger partial charge >= 0.3 is 0 Å². The van der Waals surface area contributed by atoms with E-state index in [9.17, 15) is 30.3 Å². The number of ketones is 1. The molecule has 5 atom stereocenters. The van der Waals surface area contributed by atoms with Gasteiger partial charge < -0.3 is 35.0 Å². The Kier molecular flexibility index (Phi) is 10.1. The predicted molar refractivity (Wildman–Crippen MR) is 180 cm³/mol. The fraction of sp³-hybridized carbons (Fsp3) is 0.359. The molecule has 0 unspecified atom stereocenters. The number of phenolic OH excluding ortho intramolecular Hbond substituents is 4. The fourth-order valence-corrected chi connectivity index (χ4v) is 7.86. The average Bonchev–Trinajstić information content (AvgIpc) is 3.34. The van der Waals surface area contributed by atoms with Gasteiger partial charge in [-0.2, -0.15) is 0 Å². The van der Waals surface area contributed by atoms with Gasteiger partial charge in [0, 0.05) is 18.4 Å². The number of Topliss-reactive ketones (excluding diaryl/α,β-unsaturated/α-hetero) is 1. The Hall–Kier alpha value is -4.73. The first-order chi connectivity index (χ1) is 23.2. The van der Waals surface area contributed by atoms with Crippen molar-refractivity contribution in [2.45, 2.75) is 69.5 Å². The van der Waals surface area contributed by atoms with Crippen molar-refractivity contribution in [1.82, 2.24) is 0 Å². The smallest absolute Gasteiger partial charge is 0.200 e. The van der Waals surface area contributed by atoms with Crippen LogP contribution in [0.2, 0.25) is 0 Å². The third-order valence-corrected chi connectivity index (χ3v) is 10.00. The standard InChI is InChI=1S/C39H43NO8/c40-22-48-35-17-24(10-14-32(35)43)9-12-29(42)19-33(44)30-13-11-26-18-27(15-23-5-2-1-3-6-23)36(30)31-20-34(45)38(46)39(37(26)31)47-21-25-7-4-8-28(41)16-25/h1-8,10,14,16-17,20,26-27,30,33,36,41,43-46H,9,11-13,15,18-19,21-22,40H2/t26-,27-,30-,33-,36-/m0/s1. The molecule has 0 saturated heterocycles. The lowest BCUT2D eigenvalue weighted by atomic mass is 9.65. The minimum Gasteiger partial charge on any atom is -0.508 e. The van der Waals surface area contributed by atoms with Crippen LogP contribution in [-0.2, 0) is 24.2 Å². The second-order valence-corrected chi connectivity index (χ2v) is 13.1. The lowest BCUT2D eigenvalue weighted by Crippen LogP contribution is -2.34. The Morgan fingerprint density at radius 3 is 2.42 bits per heavy atom. The Morgan fingerprint density at radius 1 is 0.854 bits per heavy atom. The number of fused-ring (bicyclic) bond motifs is 3. The van der Waals surface area contributed by atoms with Crippen LogP contribution in [0.25, 0.3) is 0 Å². The van der Waals surface area contributed by atoms with E-state index in [0.29, 0.717) is 12.8 Å². The largest absolute Gasteiger partial charge is 0.508 e. The zero-order valence-corrected chi connectivity index (χ0v) is 26.8. The van der Waals surface area contributed by atoms with Crippen LogP contribution in [0.4, 0.5) is 0 Å². The normalized spacial score (nSPS) is 20.5. The molecule has 4 aromatic rings. The highest BCUT2D eigenvalue weighted by Gasteiger charge is 2.47. The van der Waals surface area contributed by atoms with Crippen LogP contribution >= 0.6 is 0 Å². The molecule has 1 saturated carbocycles. The average molecular weight is 654 g/mol. The van der Waals surface area contributed by atoms with E-state index in [-0.39, 0.29) is 90.1 Å². The van der Waals surface area contributed by atoms with Crippen molar-refractivity contribution in [3.05, 3.63) is 107 Å². The quantitative estimate of drug-likeness (QED) is 0.0731. The Labute approximate surface area is 280 Å². The molecule has 0 spiro atoms. The Balaban J connectivity index is 1.27. The van der Waals surface area contributed by atoms with Gasteiger partial charge in [0.25, 0.3) is 0 Å². The molecule has 0 aliphatic heterocycles. The minimum atomic E-state index is -0.908. The van der Waals surface area contributed by atoms with Crippen LogP contribution < -0.4 is 15.2 Å². The maximum atomic E-state index is 13.3. The summed E-state index contributed by atoms with van der Waals surface area (Å²) in [5, 5.41) is 53.7. The van der Waals surface area contributed by atoms with Crippen molar-refractivity contribution in [1.29, 1.82) is 0 Å². The highest BCUT2D eigenvalue weighted by Crippen LogP contribution is 2.60. The fourth-order valence-electron chi connectivity index (χ4n) is 7.86. The second kappa shape index (κ2) is 14.6. The molecule has 4 aromatic carbocycles. The van der Waals surface area contributed by atoms with Gasteiger partial charge in [0.05, 0.1) is 6.10 Å². The van der Waals surface area contributed by atoms with E-state index < -0.39 is 6.10 Å². The summed E-state index contributed by atoms with van der Waals surface area (Å²) >= 11 is 0. The lowest BCUT2D eigenvalue weighted by molar-refractivity contribution is -0.121. The van der Waals surface area contributed by atoms with Crippen LogP contribution in [0, 0.1) is 11.8 Å². The number of rotatable bonds is 13. The molecule has 0 aromatic heterocycles. The highest BCUT2D eigenvalue weighted by atomic mass is 16.5. The van der Waals surface area contributed by atoms with Crippen molar-refractivity contribution in [2.75, 3.05) is 6.73 Å². The van der Waals surface area contributed by atoms with Gasteiger partial charge in [0.1, 0.15) is 24.9 Å². The maximum absolute atomic E-state index is 13.3. The highest BCUT2D eigenvalue weighted by molar-refractivity contribution is 5.79. The molecule has 2 bridgehead atoms. The molecule has 9 nitrogen and oxygen atoms in total. The lowest BCUT2D eigenvalue weighted by Gasteiger charge is -2.40. The molecule has 252 valence electrons. The van der Waals surface area contributed by atoms with E-state index in [1.54, 1.807) is 36.4 Å². The number of benzene rings is 4. The Bertz CT molecular complexity index is 1740. The first kappa shape index (κ1) is 33.2. The van der Waals surface area contributed by atoms with Gasteiger partial charge in [-0.3, -0.25) is 10.5 Å². The van der Waals surface area contributed by atoms with Crippen molar-refractivity contribution in [3.63, 3.8) is 0 Å². The van der Waals surface area contributed by atoms with Crippen LogP contribution in [0.1, 0.15) is 71.8 Å². The number of carbonyl (C=O) groups excluding carboxylic acids is 1. The zero-order valence-electron chi connectivity index (χ0n) is 26.8. The minimum absolute atomic E-state index is 0.00557. The number of carbonyl (C=O) groups is 1. The van der Waals surface area contributed by atoms with Gasteiger partial charge in [-0.25, -0.2) is 0 Å². The van der Waals surface area contributed by atoms with E-state index in [0.717, 1.165) is 41.5 Å². The van der Waals surface area contributed by atoms with E-state index >= 15 is 0 Å². The third-order valence-electron chi connectivity index (χ3n) is 10.00. The number of hydrogen-bond acceptors (Lipinski definition) is 9. The number of aliphatic hydroxyl groups excluding tert-OH is 1. The van der Waals surface area contributed by atoms with Gasteiger partial charge in [-0.15, -0.1) is 0 Å².